The molecular formula is C19H37NO. The van der Waals surface area contributed by atoms with Gasteiger partial charge in [-0.3, -0.25) is 4.79 Å². The van der Waals surface area contributed by atoms with Crippen molar-refractivity contribution >= 4 is 5.91 Å². The van der Waals surface area contributed by atoms with Crippen molar-refractivity contribution in [2.75, 3.05) is 13.1 Å². The summed E-state index contributed by atoms with van der Waals surface area (Å²) in [6.45, 7) is 6.53. The zero-order valence-corrected chi connectivity index (χ0v) is 14.5. The van der Waals surface area contributed by atoms with Crippen LogP contribution in [0.15, 0.2) is 0 Å². The largest absolute Gasteiger partial charge is 0.342 e. The first-order chi connectivity index (χ1) is 10.3. The van der Waals surface area contributed by atoms with Crippen molar-refractivity contribution in [3.63, 3.8) is 0 Å². The van der Waals surface area contributed by atoms with E-state index in [0.29, 0.717) is 11.8 Å². The van der Waals surface area contributed by atoms with Crippen molar-refractivity contribution in [2.45, 2.75) is 97.3 Å². The van der Waals surface area contributed by atoms with Crippen molar-refractivity contribution in [1.29, 1.82) is 0 Å². The quantitative estimate of drug-likeness (QED) is 0.384. The summed E-state index contributed by atoms with van der Waals surface area (Å²) in [4.78, 5) is 14.5. The summed E-state index contributed by atoms with van der Waals surface area (Å²) in [6, 6.07) is 0. The fraction of sp³-hybridized carbons (Fsp3) is 0.947. The number of hydrogen-bond acceptors (Lipinski definition) is 1. The highest BCUT2D eigenvalue weighted by Crippen LogP contribution is 2.31. The molecule has 1 rings (SSSR count). The van der Waals surface area contributed by atoms with Gasteiger partial charge in [-0.1, -0.05) is 71.6 Å². The van der Waals surface area contributed by atoms with Crippen molar-refractivity contribution in [1.82, 2.24) is 4.90 Å². The van der Waals surface area contributed by atoms with Crippen LogP contribution in [0, 0.1) is 5.92 Å². The standard InChI is InChI=1S/C19H37NO/c1-3-5-7-9-11-13-17-20(19(21)18-14-15-18)16-12-10-8-6-4-2/h18H,3-17H2,1-2H3. The summed E-state index contributed by atoms with van der Waals surface area (Å²) < 4.78 is 0. The lowest BCUT2D eigenvalue weighted by Gasteiger charge is -2.23. The molecule has 0 heterocycles. The molecule has 1 fully saturated rings. The van der Waals surface area contributed by atoms with Gasteiger partial charge in [-0.05, 0) is 25.7 Å². The molecule has 0 aromatic heterocycles. The van der Waals surface area contributed by atoms with E-state index in [2.05, 4.69) is 18.7 Å². The van der Waals surface area contributed by atoms with Gasteiger partial charge < -0.3 is 4.90 Å². The summed E-state index contributed by atoms with van der Waals surface area (Å²) in [5, 5.41) is 0. The van der Waals surface area contributed by atoms with E-state index in [1.807, 2.05) is 0 Å². The first-order valence-electron chi connectivity index (χ1n) is 9.58. The normalized spacial score (nSPS) is 14.4. The number of unbranched alkanes of at least 4 members (excludes halogenated alkanes) is 9. The third kappa shape index (κ3) is 9.16. The highest BCUT2D eigenvalue weighted by Gasteiger charge is 2.32. The molecule has 0 aliphatic heterocycles. The molecule has 0 unspecified atom stereocenters. The third-order valence-electron chi connectivity index (χ3n) is 4.55. The Balaban J connectivity index is 2.13. The summed E-state index contributed by atoms with van der Waals surface area (Å²) in [6.07, 6.45) is 16.6. The lowest BCUT2D eigenvalue weighted by Crippen LogP contribution is -2.34. The zero-order valence-electron chi connectivity index (χ0n) is 14.5. The van der Waals surface area contributed by atoms with Gasteiger partial charge in [0.1, 0.15) is 0 Å². The Morgan fingerprint density at radius 3 is 1.62 bits per heavy atom. The molecule has 1 amide bonds. The minimum Gasteiger partial charge on any atom is -0.342 e. The molecule has 1 aliphatic carbocycles. The van der Waals surface area contributed by atoms with Crippen LogP contribution in [0.5, 0.6) is 0 Å². The number of hydrogen-bond donors (Lipinski definition) is 0. The minimum absolute atomic E-state index is 0.390. The number of rotatable bonds is 14. The van der Waals surface area contributed by atoms with Gasteiger partial charge in [-0.15, -0.1) is 0 Å². The molecule has 2 nitrogen and oxygen atoms in total. The van der Waals surface area contributed by atoms with Gasteiger partial charge in [0, 0.05) is 19.0 Å². The molecule has 1 aliphatic rings. The molecule has 0 bridgehead atoms. The molecule has 124 valence electrons. The molecule has 0 aromatic carbocycles. The van der Waals surface area contributed by atoms with Crippen LogP contribution in [-0.2, 0) is 4.79 Å². The second kappa shape index (κ2) is 12.1. The first kappa shape index (κ1) is 18.5. The zero-order chi connectivity index (χ0) is 15.3. The third-order valence-corrected chi connectivity index (χ3v) is 4.55. The number of nitrogens with zero attached hydrogens (tertiary/aromatic N) is 1. The molecule has 21 heavy (non-hydrogen) atoms. The lowest BCUT2D eigenvalue weighted by atomic mass is 10.1. The predicted octanol–water partition coefficient (Wildman–Crippen LogP) is 5.56. The molecule has 1 saturated carbocycles. The summed E-state index contributed by atoms with van der Waals surface area (Å²) in [5.74, 6) is 0.847. The highest BCUT2D eigenvalue weighted by atomic mass is 16.2. The van der Waals surface area contributed by atoms with E-state index in [4.69, 9.17) is 0 Å². The number of carbonyl (C=O) groups is 1. The van der Waals surface area contributed by atoms with E-state index in [1.54, 1.807) is 0 Å². The highest BCUT2D eigenvalue weighted by molar-refractivity contribution is 5.81. The van der Waals surface area contributed by atoms with Crippen LogP contribution in [0.2, 0.25) is 0 Å². The monoisotopic (exact) mass is 295 g/mol. The predicted molar refractivity (Wildman–Crippen MR) is 91.4 cm³/mol. The second-order valence-corrected chi connectivity index (χ2v) is 6.78. The van der Waals surface area contributed by atoms with Crippen LogP contribution >= 0.6 is 0 Å². The maximum Gasteiger partial charge on any atom is 0.225 e. The van der Waals surface area contributed by atoms with Gasteiger partial charge in [0.2, 0.25) is 5.91 Å². The van der Waals surface area contributed by atoms with Gasteiger partial charge in [-0.25, -0.2) is 0 Å². The van der Waals surface area contributed by atoms with Gasteiger partial charge in [-0.2, -0.15) is 0 Å². The average molecular weight is 296 g/mol. The molecule has 0 radical (unpaired) electrons. The van der Waals surface area contributed by atoms with Crippen LogP contribution in [-0.4, -0.2) is 23.9 Å². The van der Waals surface area contributed by atoms with E-state index in [-0.39, 0.29) is 0 Å². The summed E-state index contributed by atoms with van der Waals surface area (Å²) in [7, 11) is 0. The van der Waals surface area contributed by atoms with E-state index < -0.39 is 0 Å². The average Bonchev–Trinajstić information content (AvgIpc) is 3.32. The van der Waals surface area contributed by atoms with Crippen molar-refractivity contribution in [3.05, 3.63) is 0 Å². The first-order valence-corrected chi connectivity index (χ1v) is 9.58. The Morgan fingerprint density at radius 2 is 1.19 bits per heavy atom. The Hall–Kier alpha value is -0.530. The van der Waals surface area contributed by atoms with Crippen LogP contribution in [0.1, 0.15) is 97.3 Å². The minimum atomic E-state index is 0.390. The van der Waals surface area contributed by atoms with Gasteiger partial charge in [0.25, 0.3) is 0 Å². The fourth-order valence-electron chi connectivity index (χ4n) is 2.91. The van der Waals surface area contributed by atoms with Gasteiger partial charge in [0.05, 0.1) is 0 Å². The number of carbonyl (C=O) groups excluding carboxylic acids is 1. The van der Waals surface area contributed by atoms with Crippen LogP contribution in [0.4, 0.5) is 0 Å². The van der Waals surface area contributed by atoms with Gasteiger partial charge in [0.15, 0.2) is 0 Å². The molecular weight excluding hydrogens is 258 g/mol. The van der Waals surface area contributed by atoms with Crippen LogP contribution < -0.4 is 0 Å². The van der Waals surface area contributed by atoms with E-state index in [1.165, 1.54) is 70.6 Å². The molecule has 0 N–H and O–H groups in total. The fourth-order valence-corrected chi connectivity index (χ4v) is 2.91. The Kier molecular flexibility index (Phi) is 10.6. The Bertz CT molecular complexity index is 260. The Morgan fingerprint density at radius 1 is 0.762 bits per heavy atom. The molecule has 0 saturated heterocycles. The molecule has 0 aromatic rings. The van der Waals surface area contributed by atoms with E-state index in [9.17, 15) is 4.79 Å². The van der Waals surface area contributed by atoms with Crippen molar-refractivity contribution in [2.24, 2.45) is 5.92 Å². The van der Waals surface area contributed by atoms with Crippen molar-refractivity contribution in [3.8, 4) is 0 Å². The maximum absolute atomic E-state index is 12.3. The molecule has 0 spiro atoms. The SMILES string of the molecule is CCCCCCCCN(CCCCCCC)C(=O)C1CC1. The van der Waals surface area contributed by atoms with E-state index in [0.717, 1.165) is 25.9 Å². The molecule has 0 atom stereocenters. The smallest absolute Gasteiger partial charge is 0.225 e. The van der Waals surface area contributed by atoms with Crippen LogP contribution in [0.25, 0.3) is 0 Å². The number of amides is 1. The topological polar surface area (TPSA) is 20.3 Å². The van der Waals surface area contributed by atoms with E-state index >= 15 is 0 Å². The second-order valence-electron chi connectivity index (χ2n) is 6.78. The van der Waals surface area contributed by atoms with Crippen LogP contribution in [0.3, 0.4) is 0 Å². The van der Waals surface area contributed by atoms with Crippen molar-refractivity contribution < 1.29 is 4.79 Å². The summed E-state index contributed by atoms with van der Waals surface area (Å²) >= 11 is 0. The Labute approximate surface area is 132 Å². The molecule has 2 heteroatoms. The maximum atomic E-state index is 12.3. The lowest BCUT2D eigenvalue weighted by molar-refractivity contribution is -0.132. The summed E-state index contributed by atoms with van der Waals surface area (Å²) in [5.41, 5.74) is 0. The van der Waals surface area contributed by atoms with Gasteiger partial charge >= 0.3 is 0 Å².